The molecule has 5 aliphatic rings. The van der Waals surface area contributed by atoms with Crippen LogP contribution >= 0.6 is 0 Å². The van der Waals surface area contributed by atoms with Gasteiger partial charge >= 0.3 is 0 Å². The van der Waals surface area contributed by atoms with Crippen LogP contribution in [0.1, 0.15) is 43.8 Å². The molecule has 1 atom stereocenters. The summed E-state index contributed by atoms with van der Waals surface area (Å²) in [5.41, 5.74) is 4.54. The van der Waals surface area contributed by atoms with E-state index in [0.717, 1.165) is 62.9 Å². The third kappa shape index (κ3) is 4.78. The van der Waals surface area contributed by atoms with Crippen molar-refractivity contribution >= 4 is 28.7 Å². The molecule has 1 N–H and O–H groups in total. The number of ether oxygens (including phenoxy) is 3. The van der Waals surface area contributed by atoms with Crippen molar-refractivity contribution in [1.82, 2.24) is 9.80 Å². The summed E-state index contributed by atoms with van der Waals surface area (Å²) in [6.45, 7) is 6.79. The Balaban J connectivity index is 0.946. The minimum Gasteiger partial charge on any atom is -0.478 e. The molecule has 0 saturated carbocycles. The van der Waals surface area contributed by atoms with Crippen molar-refractivity contribution in [2.45, 2.75) is 19.1 Å². The first kappa shape index (κ1) is 26.9. The average molecular weight is 589 g/mol. The Bertz CT molecular complexity index is 1770. The number of benzene rings is 3. The van der Waals surface area contributed by atoms with Crippen LogP contribution in [0.4, 0.5) is 11.4 Å². The maximum absolute atomic E-state index is 13.8. The van der Waals surface area contributed by atoms with Gasteiger partial charge in [-0.25, -0.2) is 4.99 Å². The van der Waals surface area contributed by atoms with Gasteiger partial charge in [0.1, 0.15) is 11.4 Å². The third-order valence-electron chi connectivity index (χ3n) is 8.86. The highest BCUT2D eigenvalue weighted by Gasteiger charge is 2.37. The Morgan fingerprint density at radius 1 is 0.841 bits per heavy atom. The molecule has 0 spiro atoms. The summed E-state index contributed by atoms with van der Waals surface area (Å²) in [7, 11) is 0. The van der Waals surface area contributed by atoms with Crippen LogP contribution in [-0.2, 0) is 6.54 Å². The molecule has 0 radical (unpaired) electrons. The van der Waals surface area contributed by atoms with E-state index in [0.29, 0.717) is 52.7 Å². The fourth-order valence-corrected chi connectivity index (χ4v) is 6.57. The van der Waals surface area contributed by atoms with E-state index in [4.69, 9.17) is 19.2 Å². The van der Waals surface area contributed by atoms with Crippen LogP contribution in [-0.4, -0.2) is 79.2 Å². The molecule has 1 fully saturated rings. The minimum absolute atomic E-state index is 0.166. The first-order valence-corrected chi connectivity index (χ1v) is 15.2. The average Bonchev–Trinajstić information content (AvgIpc) is 3.53. The SMILES string of the molecule is O=C1c2ccccc2C(=O)c2c3c(cc(NCCCN4CCN(Cc5ccc6c(c5)OCO6)CC4)c21)OC1C=CC=CC1=N3. The van der Waals surface area contributed by atoms with E-state index in [2.05, 4.69) is 27.2 Å². The Hall–Kier alpha value is -4.73. The van der Waals surface area contributed by atoms with Crippen LogP contribution in [0.5, 0.6) is 17.2 Å². The quantitative estimate of drug-likeness (QED) is 0.309. The van der Waals surface area contributed by atoms with Gasteiger partial charge in [-0.2, -0.15) is 0 Å². The number of hydrogen-bond donors (Lipinski definition) is 1. The zero-order valence-corrected chi connectivity index (χ0v) is 24.3. The number of nitrogens with one attached hydrogen (secondary N) is 1. The van der Waals surface area contributed by atoms with Gasteiger partial charge in [-0.15, -0.1) is 0 Å². The number of rotatable bonds is 7. The lowest BCUT2D eigenvalue weighted by atomic mass is 9.81. The van der Waals surface area contributed by atoms with Crippen LogP contribution in [0, 0.1) is 0 Å². The number of piperazine rings is 1. The van der Waals surface area contributed by atoms with Crippen LogP contribution in [0.25, 0.3) is 0 Å². The molecular formula is C35H32N4O5. The van der Waals surface area contributed by atoms with Crippen molar-refractivity contribution < 1.29 is 23.8 Å². The Morgan fingerprint density at radius 2 is 1.61 bits per heavy atom. The van der Waals surface area contributed by atoms with Crippen molar-refractivity contribution in [1.29, 1.82) is 0 Å². The first-order valence-electron chi connectivity index (χ1n) is 15.2. The summed E-state index contributed by atoms with van der Waals surface area (Å²) >= 11 is 0. The maximum atomic E-state index is 13.8. The topological polar surface area (TPSA) is 92.7 Å². The van der Waals surface area contributed by atoms with Crippen molar-refractivity contribution in [3.05, 3.63) is 101 Å². The number of carbonyl (C=O) groups is 2. The van der Waals surface area contributed by atoms with E-state index in [1.807, 2.05) is 36.4 Å². The van der Waals surface area contributed by atoms with Gasteiger partial charge < -0.3 is 24.4 Å². The zero-order chi connectivity index (χ0) is 29.6. The summed E-state index contributed by atoms with van der Waals surface area (Å²) < 4.78 is 17.3. The summed E-state index contributed by atoms with van der Waals surface area (Å²) in [6.07, 6.45) is 8.22. The van der Waals surface area contributed by atoms with Crippen LogP contribution < -0.4 is 19.5 Å². The number of hydrogen-bond acceptors (Lipinski definition) is 9. The van der Waals surface area contributed by atoms with E-state index in [9.17, 15) is 9.59 Å². The second-order valence-corrected chi connectivity index (χ2v) is 11.6. The molecule has 1 unspecified atom stereocenters. The Kier molecular flexibility index (Phi) is 6.76. The highest BCUT2D eigenvalue weighted by Crippen LogP contribution is 2.46. The monoisotopic (exact) mass is 588 g/mol. The van der Waals surface area contributed by atoms with Crippen molar-refractivity contribution in [3.63, 3.8) is 0 Å². The predicted molar refractivity (Wildman–Crippen MR) is 167 cm³/mol. The second kappa shape index (κ2) is 11.1. The second-order valence-electron chi connectivity index (χ2n) is 11.6. The van der Waals surface area contributed by atoms with E-state index in [1.54, 1.807) is 24.3 Å². The van der Waals surface area contributed by atoms with Gasteiger partial charge in [-0.1, -0.05) is 42.5 Å². The number of allylic oxidation sites excluding steroid dienone is 2. The summed E-state index contributed by atoms with van der Waals surface area (Å²) in [4.78, 5) is 37.4. The standard InChI is InChI=1S/C35H32N4O5/c40-34-23-6-1-2-7-24(23)35(41)32-31(34)26(19-30-33(32)37-25-8-3-4-9-27(25)44-30)36-12-5-13-38-14-16-39(17-15-38)20-22-10-11-28-29(18-22)43-21-42-28/h1-4,6-11,18-19,27,36H,5,12-17,20-21H2. The van der Waals surface area contributed by atoms with E-state index < -0.39 is 0 Å². The molecule has 0 bridgehead atoms. The highest BCUT2D eigenvalue weighted by atomic mass is 16.7. The van der Waals surface area contributed by atoms with Crippen LogP contribution in [0.3, 0.4) is 0 Å². The van der Waals surface area contributed by atoms with Gasteiger partial charge in [0, 0.05) is 62.1 Å². The molecule has 3 aromatic rings. The Labute approximate surface area is 255 Å². The fraction of sp³-hybridized carbons (Fsp3) is 0.286. The molecule has 3 heterocycles. The van der Waals surface area contributed by atoms with Crippen LogP contribution in [0.15, 0.2) is 77.8 Å². The molecule has 8 rings (SSSR count). The molecule has 3 aromatic carbocycles. The smallest absolute Gasteiger partial charge is 0.231 e. The van der Waals surface area contributed by atoms with E-state index in [-0.39, 0.29) is 17.7 Å². The first-order chi connectivity index (χ1) is 21.6. The van der Waals surface area contributed by atoms with Gasteiger partial charge in [0.2, 0.25) is 6.79 Å². The zero-order valence-electron chi connectivity index (χ0n) is 24.3. The number of carbonyl (C=O) groups excluding carboxylic acids is 2. The van der Waals surface area contributed by atoms with Gasteiger partial charge in [0.05, 0.1) is 16.8 Å². The number of aliphatic imine (C=N–C) groups is 1. The molecular weight excluding hydrogens is 556 g/mol. The van der Waals surface area contributed by atoms with E-state index in [1.165, 1.54) is 5.56 Å². The molecule has 222 valence electrons. The van der Waals surface area contributed by atoms with E-state index >= 15 is 0 Å². The molecule has 0 amide bonds. The molecule has 3 aliphatic heterocycles. The molecule has 44 heavy (non-hydrogen) atoms. The predicted octanol–water partition coefficient (Wildman–Crippen LogP) is 4.77. The van der Waals surface area contributed by atoms with Gasteiger partial charge in [0.25, 0.3) is 0 Å². The van der Waals surface area contributed by atoms with Gasteiger partial charge in [0.15, 0.2) is 29.2 Å². The van der Waals surface area contributed by atoms with Gasteiger partial charge in [-0.3, -0.25) is 14.5 Å². The molecule has 1 saturated heterocycles. The molecule has 2 aliphatic carbocycles. The van der Waals surface area contributed by atoms with Crippen molar-refractivity contribution in [2.24, 2.45) is 4.99 Å². The fourth-order valence-electron chi connectivity index (χ4n) is 6.57. The van der Waals surface area contributed by atoms with Crippen LogP contribution in [0.2, 0.25) is 0 Å². The summed E-state index contributed by atoms with van der Waals surface area (Å²) in [6, 6.07) is 15.0. The van der Waals surface area contributed by atoms with Crippen molar-refractivity contribution in [2.75, 3.05) is 51.4 Å². The number of fused-ring (bicyclic) bond motifs is 6. The minimum atomic E-state index is -0.316. The number of nitrogens with zero attached hydrogens (tertiary/aromatic N) is 3. The molecule has 9 nitrogen and oxygen atoms in total. The largest absolute Gasteiger partial charge is 0.478 e. The lowest BCUT2D eigenvalue weighted by Crippen LogP contribution is -2.46. The highest BCUT2D eigenvalue weighted by molar-refractivity contribution is 6.32. The summed E-state index contributed by atoms with van der Waals surface area (Å²) in [5, 5.41) is 3.49. The van der Waals surface area contributed by atoms with Crippen molar-refractivity contribution in [3.8, 4) is 17.2 Å². The summed E-state index contributed by atoms with van der Waals surface area (Å²) in [5.74, 6) is 1.80. The maximum Gasteiger partial charge on any atom is 0.231 e. The molecule has 9 heteroatoms. The third-order valence-corrected chi connectivity index (χ3v) is 8.86. The number of anilines is 1. The Morgan fingerprint density at radius 3 is 2.45 bits per heavy atom. The van der Waals surface area contributed by atoms with Gasteiger partial charge in [-0.05, 0) is 42.8 Å². The number of ketones is 2. The molecule has 0 aromatic heterocycles. The lowest BCUT2D eigenvalue weighted by molar-refractivity contribution is 0.0979. The normalized spacial score (nSPS) is 19.9. The lowest BCUT2D eigenvalue weighted by Gasteiger charge is -2.34.